The maximum atomic E-state index is 12.1. The van der Waals surface area contributed by atoms with Crippen LogP contribution in [0.1, 0.15) is 42.2 Å². The first-order valence-electron chi connectivity index (χ1n) is 6.14. The van der Waals surface area contributed by atoms with Gasteiger partial charge in [-0.05, 0) is 30.0 Å². The van der Waals surface area contributed by atoms with Crippen LogP contribution in [0.4, 0.5) is 0 Å². The summed E-state index contributed by atoms with van der Waals surface area (Å²) in [5, 5.41) is 2.62. The van der Waals surface area contributed by atoms with Crippen LogP contribution in [-0.2, 0) is 12.8 Å². The number of carbonyl (C=O) groups excluding carboxylic acids is 3. The molecule has 104 valence electrons. The van der Waals surface area contributed by atoms with Crippen LogP contribution in [0.15, 0.2) is 18.7 Å². The number of rotatable bonds is 5. The van der Waals surface area contributed by atoms with Crippen molar-refractivity contribution in [1.29, 1.82) is 0 Å². The summed E-state index contributed by atoms with van der Waals surface area (Å²) in [6.07, 6.45) is 2.52. The molecule has 0 heterocycles. The Kier molecular flexibility index (Phi) is 3.56. The van der Waals surface area contributed by atoms with Gasteiger partial charge in [-0.15, -0.1) is 6.58 Å². The monoisotopic (exact) mass is 273 g/mol. The third-order valence-corrected chi connectivity index (χ3v) is 3.33. The average molecular weight is 273 g/mol. The Balaban J connectivity index is 2.60. The van der Waals surface area contributed by atoms with Crippen molar-refractivity contribution in [3.63, 3.8) is 0 Å². The molecule has 0 aliphatic heterocycles. The Hall–Kier alpha value is -2.63. The molecule has 1 aliphatic rings. The van der Waals surface area contributed by atoms with Gasteiger partial charge in [0, 0.05) is 23.2 Å². The quantitative estimate of drug-likeness (QED) is 0.650. The van der Waals surface area contributed by atoms with Gasteiger partial charge in [0.15, 0.2) is 0 Å². The molecule has 1 aromatic rings. The normalized spacial score (nSPS) is 12.0. The molecule has 2 bridgehead atoms. The Morgan fingerprint density at radius 3 is 2.25 bits per heavy atom. The third kappa shape index (κ3) is 2.16. The molecule has 0 radical (unpaired) electrons. The van der Waals surface area contributed by atoms with Crippen molar-refractivity contribution in [2.75, 3.05) is 6.54 Å². The molecule has 0 saturated carbocycles. The molecular formula is C14H15N3O3. The summed E-state index contributed by atoms with van der Waals surface area (Å²) in [4.78, 5) is 35.2. The lowest BCUT2D eigenvalue weighted by molar-refractivity contribution is 0.0957. The van der Waals surface area contributed by atoms with E-state index >= 15 is 0 Å². The van der Waals surface area contributed by atoms with Crippen molar-refractivity contribution >= 4 is 17.7 Å². The molecule has 0 atom stereocenters. The van der Waals surface area contributed by atoms with E-state index in [4.69, 9.17) is 11.5 Å². The summed E-state index contributed by atoms with van der Waals surface area (Å²) in [5.41, 5.74) is 12.5. The van der Waals surface area contributed by atoms with E-state index in [9.17, 15) is 14.4 Å². The fourth-order valence-electron chi connectivity index (χ4n) is 2.52. The second kappa shape index (κ2) is 5.16. The van der Waals surface area contributed by atoms with Crippen molar-refractivity contribution in [2.45, 2.75) is 12.8 Å². The molecule has 0 saturated heterocycles. The fourth-order valence-corrected chi connectivity index (χ4v) is 2.52. The van der Waals surface area contributed by atoms with Gasteiger partial charge in [-0.3, -0.25) is 14.4 Å². The average Bonchev–Trinajstić information content (AvgIpc) is 2.72. The van der Waals surface area contributed by atoms with Crippen LogP contribution < -0.4 is 16.8 Å². The summed E-state index contributed by atoms with van der Waals surface area (Å²) in [6.45, 7) is 3.80. The van der Waals surface area contributed by atoms with Crippen LogP contribution in [0, 0.1) is 0 Å². The molecule has 0 aromatic heterocycles. The zero-order chi connectivity index (χ0) is 14.9. The molecule has 1 aromatic carbocycles. The molecule has 0 spiro atoms. The van der Waals surface area contributed by atoms with Crippen LogP contribution in [0.25, 0.3) is 0 Å². The molecule has 0 unspecified atom stereocenters. The van der Waals surface area contributed by atoms with Gasteiger partial charge in [0.05, 0.1) is 0 Å². The number of carbonyl (C=O) groups is 3. The van der Waals surface area contributed by atoms with Gasteiger partial charge in [-0.2, -0.15) is 0 Å². The molecule has 6 heteroatoms. The first-order valence-corrected chi connectivity index (χ1v) is 6.14. The lowest BCUT2D eigenvalue weighted by Crippen LogP contribution is -2.27. The van der Waals surface area contributed by atoms with Crippen molar-refractivity contribution in [2.24, 2.45) is 11.5 Å². The highest BCUT2D eigenvalue weighted by Crippen LogP contribution is 2.31. The largest absolute Gasteiger partial charge is 0.366 e. The number of nitrogens with one attached hydrogen (secondary N) is 1. The van der Waals surface area contributed by atoms with Gasteiger partial charge in [0.1, 0.15) is 0 Å². The second-order valence-corrected chi connectivity index (χ2v) is 4.53. The van der Waals surface area contributed by atoms with Gasteiger partial charge in [-0.25, -0.2) is 0 Å². The molecule has 6 nitrogen and oxygen atoms in total. The second-order valence-electron chi connectivity index (χ2n) is 4.53. The maximum Gasteiger partial charge on any atom is 0.251 e. The van der Waals surface area contributed by atoms with E-state index in [2.05, 4.69) is 11.9 Å². The van der Waals surface area contributed by atoms with E-state index in [0.717, 1.165) is 0 Å². The molecular weight excluding hydrogens is 258 g/mol. The summed E-state index contributed by atoms with van der Waals surface area (Å²) >= 11 is 0. The lowest BCUT2D eigenvalue weighted by Gasteiger charge is -2.11. The lowest BCUT2D eigenvalue weighted by atomic mass is 9.96. The van der Waals surface area contributed by atoms with Gasteiger partial charge in [0.25, 0.3) is 5.91 Å². The van der Waals surface area contributed by atoms with Crippen molar-refractivity contribution in [3.8, 4) is 0 Å². The Morgan fingerprint density at radius 1 is 1.15 bits per heavy atom. The molecule has 5 N–H and O–H groups in total. The highest BCUT2D eigenvalue weighted by atomic mass is 16.2. The number of benzene rings is 1. The van der Waals surface area contributed by atoms with Gasteiger partial charge >= 0.3 is 0 Å². The smallest absolute Gasteiger partial charge is 0.251 e. The molecule has 2 rings (SSSR count). The summed E-state index contributed by atoms with van der Waals surface area (Å²) in [7, 11) is 0. The topological polar surface area (TPSA) is 115 Å². The minimum Gasteiger partial charge on any atom is -0.366 e. The van der Waals surface area contributed by atoms with Crippen LogP contribution >= 0.6 is 0 Å². The van der Waals surface area contributed by atoms with E-state index in [1.807, 2.05) is 0 Å². The van der Waals surface area contributed by atoms with E-state index in [1.54, 1.807) is 0 Å². The number of hydrogen-bond acceptors (Lipinski definition) is 3. The molecule has 20 heavy (non-hydrogen) atoms. The van der Waals surface area contributed by atoms with E-state index in [1.165, 1.54) is 12.1 Å². The first kappa shape index (κ1) is 13.8. The summed E-state index contributed by atoms with van der Waals surface area (Å²) in [6, 6.07) is 1.44. The predicted molar refractivity (Wildman–Crippen MR) is 73.4 cm³/mol. The number of hydrogen-bond donors (Lipinski definition) is 3. The van der Waals surface area contributed by atoms with Gasteiger partial charge in [-0.1, -0.05) is 6.08 Å². The minimum atomic E-state index is -0.672. The zero-order valence-corrected chi connectivity index (χ0v) is 10.9. The Bertz CT molecular complexity index is 635. The summed E-state index contributed by atoms with van der Waals surface area (Å²) < 4.78 is 0. The van der Waals surface area contributed by atoms with Crippen LogP contribution in [0.3, 0.4) is 0 Å². The highest BCUT2D eigenvalue weighted by molar-refractivity contribution is 6.08. The zero-order valence-electron chi connectivity index (χ0n) is 10.9. The van der Waals surface area contributed by atoms with E-state index < -0.39 is 11.8 Å². The first-order chi connectivity index (χ1) is 9.47. The molecule has 1 aliphatic carbocycles. The number of fused-ring (bicyclic) bond motifs is 2. The van der Waals surface area contributed by atoms with E-state index in [-0.39, 0.29) is 29.1 Å². The highest BCUT2D eigenvalue weighted by Gasteiger charge is 2.30. The third-order valence-electron chi connectivity index (χ3n) is 3.33. The molecule has 3 amide bonds. The number of nitrogens with two attached hydrogens (primary N) is 2. The number of amides is 3. The van der Waals surface area contributed by atoms with E-state index in [0.29, 0.717) is 24.0 Å². The van der Waals surface area contributed by atoms with Crippen LogP contribution in [0.5, 0.6) is 0 Å². The van der Waals surface area contributed by atoms with Crippen LogP contribution in [-0.4, -0.2) is 24.3 Å². The van der Waals surface area contributed by atoms with Crippen LogP contribution in [0.2, 0.25) is 0 Å². The van der Waals surface area contributed by atoms with Crippen molar-refractivity contribution in [1.82, 2.24) is 5.32 Å². The standard InChI is InChI=1S/C14H15N3O3/c1-2-5-17-14(20)10-6-9(12(15)18)7-3-4-8(10)11(7)13(16)19/h2,6H,1,3-5H2,(H2,15,18)(H2,16,19)(H,17,20). The van der Waals surface area contributed by atoms with Crippen molar-refractivity contribution in [3.05, 3.63) is 46.5 Å². The Labute approximate surface area is 115 Å². The van der Waals surface area contributed by atoms with Crippen molar-refractivity contribution < 1.29 is 14.4 Å². The predicted octanol–water partition coefficient (Wildman–Crippen LogP) is -0.101. The fraction of sp³-hybridized carbons (Fsp3) is 0.214. The summed E-state index contributed by atoms with van der Waals surface area (Å²) in [5.74, 6) is -1.69. The SMILES string of the molecule is C=CCNC(=O)c1cc(C(N)=O)c2c(C(N)=O)c1CC2. The molecule has 0 fully saturated rings. The maximum absolute atomic E-state index is 12.1. The minimum absolute atomic E-state index is 0.184. The number of primary amides is 2. The Morgan fingerprint density at radius 2 is 1.75 bits per heavy atom. The van der Waals surface area contributed by atoms with Gasteiger partial charge < -0.3 is 16.8 Å². The van der Waals surface area contributed by atoms with Gasteiger partial charge in [0.2, 0.25) is 11.8 Å².